The van der Waals surface area contributed by atoms with Crippen molar-refractivity contribution in [2.24, 2.45) is 0 Å². The summed E-state index contributed by atoms with van der Waals surface area (Å²) in [5.74, 6) is -1.43. The summed E-state index contributed by atoms with van der Waals surface area (Å²) in [6.07, 6.45) is 0. The average Bonchev–Trinajstić information content (AvgIpc) is 2.98. The lowest BCUT2D eigenvalue weighted by molar-refractivity contribution is -0.885. The normalized spacial score (nSPS) is 11.6. The van der Waals surface area contributed by atoms with Crippen LogP contribution in [0.25, 0.3) is 0 Å². The number of hydrogen-bond acceptors (Lipinski definition) is 6. The van der Waals surface area contributed by atoms with Crippen molar-refractivity contribution in [3.05, 3.63) is 51.4 Å². The van der Waals surface area contributed by atoms with Crippen molar-refractivity contribution in [1.29, 1.82) is 0 Å². The number of quaternary nitrogens is 1. The first kappa shape index (κ1) is 21.6. The van der Waals surface area contributed by atoms with Gasteiger partial charge in [0.25, 0.3) is 5.91 Å². The third-order valence-electron chi connectivity index (χ3n) is 4.38. The third kappa shape index (κ3) is 4.96. The van der Waals surface area contributed by atoms with Crippen LogP contribution in [-0.4, -0.2) is 45.7 Å². The van der Waals surface area contributed by atoms with Crippen LogP contribution in [-0.2, 0) is 20.8 Å². The number of methoxy groups -OCH3 is 2. The van der Waals surface area contributed by atoms with E-state index in [1.807, 2.05) is 38.2 Å². The van der Waals surface area contributed by atoms with E-state index >= 15 is 0 Å². The lowest BCUT2D eigenvalue weighted by Gasteiger charge is -2.15. The zero-order valence-electron chi connectivity index (χ0n) is 16.7. The second-order valence-corrected chi connectivity index (χ2v) is 7.55. The van der Waals surface area contributed by atoms with Crippen LogP contribution in [0, 0.1) is 13.8 Å². The van der Waals surface area contributed by atoms with Crippen LogP contribution in [0.1, 0.15) is 36.7 Å². The Kier molecular flexibility index (Phi) is 7.31. The molecule has 0 saturated carbocycles. The maximum absolute atomic E-state index is 12.5. The molecule has 0 aliphatic heterocycles. The van der Waals surface area contributed by atoms with Gasteiger partial charge in [0, 0.05) is 5.56 Å². The predicted molar refractivity (Wildman–Crippen MR) is 107 cm³/mol. The highest BCUT2D eigenvalue weighted by Crippen LogP contribution is 2.34. The summed E-state index contributed by atoms with van der Waals surface area (Å²) < 4.78 is 9.55. The van der Waals surface area contributed by atoms with Crippen molar-refractivity contribution in [3.63, 3.8) is 0 Å². The Labute approximate surface area is 168 Å². The molecule has 28 heavy (non-hydrogen) atoms. The van der Waals surface area contributed by atoms with Gasteiger partial charge in [0.15, 0.2) is 6.54 Å². The number of rotatable bonds is 7. The topological polar surface area (TPSA) is 86.1 Å². The number of carbonyl (C=O) groups is 3. The molecule has 0 aliphatic carbocycles. The molecule has 0 bridgehead atoms. The van der Waals surface area contributed by atoms with E-state index in [-0.39, 0.29) is 22.9 Å². The maximum atomic E-state index is 12.5. The van der Waals surface area contributed by atoms with Gasteiger partial charge in [0.2, 0.25) is 0 Å². The molecule has 1 unspecified atom stereocenters. The van der Waals surface area contributed by atoms with Gasteiger partial charge in [-0.2, -0.15) is 0 Å². The molecule has 0 radical (unpaired) electrons. The highest BCUT2D eigenvalue weighted by Gasteiger charge is 2.27. The summed E-state index contributed by atoms with van der Waals surface area (Å²) in [6, 6.07) is 8.03. The number of thiophene rings is 1. The van der Waals surface area contributed by atoms with E-state index in [0.717, 1.165) is 16.2 Å². The predicted octanol–water partition coefficient (Wildman–Crippen LogP) is 1.59. The molecule has 1 amide bonds. The molecule has 2 aromatic rings. The molecule has 1 atom stereocenters. The summed E-state index contributed by atoms with van der Waals surface area (Å²) in [5, 5.41) is 3.04. The van der Waals surface area contributed by atoms with Gasteiger partial charge in [-0.1, -0.05) is 24.3 Å². The van der Waals surface area contributed by atoms with Crippen LogP contribution in [0.3, 0.4) is 0 Å². The number of carbonyl (C=O) groups excluding carboxylic acids is 3. The highest BCUT2D eigenvalue weighted by molar-refractivity contribution is 7.18. The zero-order chi connectivity index (χ0) is 20.8. The summed E-state index contributed by atoms with van der Waals surface area (Å²) in [4.78, 5) is 37.8. The maximum Gasteiger partial charge on any atom is 0.348 e. The van der Waals surface area contributed by atoms with E-state index in [4.69, 9.17) is 9.47 Å². The molecule has 0 spiro atoms. The number of esters is 2. The Bertz CT molecular complexity index is 891. The molecule has 0 saturated heterocycles. The molecular formula is C20H25N2O5S+. The van der Waals surface area contributed by atoms with Crippen molar-refractivity contribution in [1.82, 2.24) is 0 Å². The number of aryl methyl sites for hydroxylation is 1. The van der Waals surface area contributed by atoms with Gasteiger partial charge in [0.1, 0.15) is 16.4 Å². The average molecular weight is 405 g/mol. The lowest BCUT2D eigenvalue weighted by Crippen LogP contribution is -3.08. The molecule has 0 fully saturated rings. The minimum atomic E-state index is -0.611. The van der Waals surface area contributed by atoms with Crippen LogP contribution in [0.4, 0.5) is 5.00 Å². The SMILES string of the molecule is COC(=O)c1sc(NC(=O)C[NH+](C)Cc2ccccc2C)c(C(=O)OC)c1C. The minimum Gasteiger partial charge on any atom is -0.465 e. The summed E-state index contributed by atoms with van der Waals surface area (Å²) >= 11 is 1.01. The van der Waals surface area contributed by atoms with E-state index in [2.05, 4.69) is 5.32 Å². The van der Waals surface area contributed by atoms with Gasteiger partial charge < -0.3 is 19.7 Å². The molecule has 8 heteroatoms. The zero-order valence-corrected chi connectivity index (χ0v) is 17.5. The second kappa shape index (κ2) is 9.48. The minimum absolute atomic E-state index is 0.179. The van der Waals surface area contributed by atoms with Crippen molar-refractivity contribution in [3.8, 4) is 0 Å². The summed E-state index contributed by atoms with van der Waals surface area (Å²) in [7, 11) is 4.44. The number of hydrogen-bond donors (Lipinski definition) is 2. The van der Waals surface area contributed by atoms with Gasteiger partial charge in [-0.15, -0.1) is 11.3 Å². The fraction of sp³-hybridized carbons (Fsp3) is 0.350. The standard InChI is InChI=1S/C20H24N2O5S/c1-12-8-6-7-9-14(12)10-22(3)11-15(23)21-18-16(19(24)26-4)13(2)17(28-18)20(25)27-5/h6-9H,10-11H2,1-5H3,(H,21,23)/p+1. The molecular weight excluding hydrogens is 380 g/mol. The van der Waals surface area contributed by atoms with Crippen LogP contribution < -0.4 is 10.2 Å². The highest BCUT2D eigenvalue weighted by atomic mass is 32.1. The van der Waals surface area contributed by atoms with Crippen molar-refractivity contribution in [2.45, 2.75) is 20.4 Å². The molecule has 150 valence electrons. The molecule has 0 aliphatic rings. The quantitative estimate of drug-likeness (QED) is 0.684. The monoisotopic (exact) mass is 405 g/mol. The molecule has 1 aromatic heterocycles. The number of ether oxygens (including phenoxy) is 2. The molecule has 1 aromatic carbocycles. The molecule has 2 N–H and O–H groups in total. The Balaban J connectivity index is 2.15. The summed E-state index contributed by atoms with van der Waals surface area (Å²) in [6.45, 7) is 4.56. The molecule has 2 rings (SSSR count). The van der Waals surface area contributed by atoms with Crippen molar-refractivity contribution >= 4 is 34.2 Å². The Morgan fingerprint density at radius 1 is 1.07 bits per heavy atom. The Morgan fingerprint density at radius 2 is 1.71 bits per heavy atom. The number of anilines is 1. The number of benzene rings is 1. The number of likely N-dealkylation sites (N-methyl/N-ethyl adjacent to an activating group) is 1. The lowest BCUT2D eigenvalue weighted by atomic mass is 10.1. The first-order valence-electron chi connectivity index (χ1n) is 8.74. The van der Waals surface area contributed by atoms with E-state index in [1.54, 1.807) is 6.92 Å². The van der Waals surface area contributed by atoms with Crippen LogP contribution >= 0.6 is 11.3 Å². The second-order valence-electron chi connectivity index (χ2n) is 6.53. The fourth-order valence-electron chi connectivity index (χ4n) is 2.88. The van der Waals surface area contributed by atoms with Gasteiger partial charge in [-0.05, 0) is 25.0 Å². The fourth-order valence-corrected chi connectivity index (χ4v) is 4.01. The van der Waals surface area contributed by atoms with Crippen molar-refractivity contribution < 1.29 is 28.8 Å². The Morgan fingerprint density at radius 3 is 2.32 bits per heavy atom. The van der Waals surface area contributed by atoms with Gasteiger partial charge in [0.05, 0.1) is 26.8 Å². The van der Waals surface area contributed by atoms with E-state index in [1.165, 1.54) is 25.3 Å². The van der Waals surface area contributed by atoms with E-state index in [9.17, 15) is 14.4 Å². The number of amides is 1. The van der Waals surface area contributed by atoms with Crippen LogP contribution in [0.2, 0.25) is 0 Å². The third-order valence-corrected chi connectivity index (χ3v) is 5.56. The van der Waals surface area contributed by atoms with Crippen molar-refractivity contribution in [2.75, 3.05) is 33.1 Å². The van der Waals surface area contributed by atoms with Gasteiger partial charge >= 0.3 is 11.9 Å². The van der Waals surface area contributed by atoms with Gasteiger partial charge in [-0.25, -0.2) is 9.59 Å². The van der Waals surface area contributed by atoms with E-state index in [0.29, 0.717) is 17.1 Å². The van der Waals surface area contributed by atoms with E-state index < -0.39 is 11.9 Å². The number of nitrogens with one attached hydrogen (secondary N) is 2. The summed E-state index contributed by atoms with van der Waals surface area (Å²) in [5.41, 5.74) is 2.95. The smallest absolute Gasteiger partial charge is 0.348 e. The first-order valence-corrected chi connectivity index (χ1v) is 9.55. The van der Waals surface area contributed by atoms with Crippen LogP contribution in [0.15, 0.2) is 24.3 Å². The largest absolute Gasteiger partial charge is 0.465 e. The Hall–Kier alpha value is -2.71. The van der Waals surface area contributed by atoms with Crippen LogP contribution in [0.5, 0.6) is 0 Å². The molecule has 1 heterocycles. The molecule has 7 nitrogen and oxygen atoms in total. The first-order chi connectivity index (χ1) is 13.3. The van der Waals surface area contributed by atoms with Gasteiger partial charge in [-0.3, -0.25) is 4.79 Å².